The Hall–Kier alpha value is -2.52. The van der Waals surface area contributed by atoms with E-state index in [1.54, 1.807) is 13.0 Å². The standard InChI is InChI=1S/C16H21N3O6/c1-3-25-16(21)14-10-18(7-6-17-14)9-11-4-5-12(19(22)23)8-13(11)15(20)24-2/h4-5,8,14,17H,3,6-7,9-10H2,1-2H3. The topological polar surface area (TPSA) is 111 Å². The van der Waals surface area contributed by atoms with Gasteiger partial charge in [-0.15, -0.1) is 0 Å². The van der Waals surface area contributed by atoms with Crippen LogP contribution >= 0.6 is 0 Å². The molecule has 25 heavy (non-hydrogen) atoms. The summed E-state index contributed by atoms with van der Waals surface area (Å²) in [5, 5.41) is 14.0. The number of nitrogens with one attached hydrogen (secondary N) is 1. The highest BCUT2D eigenvalue weighted by Crippen LogP contribution is 2.21. The van der Waals surface area contributed by atoms with Gasteiger partial charge >= 0.3 is 11.9 Å². The first-order chi connectivity index (χ1) is 12.0. The smallest absolute Gasteiger partial charge is 0.338 e. The van der Waals surface area contributed by atoms with Gasteiger partial charge in [0.25, 0.3) is 5.69 Å². The summed E-state index contributed by atoms with van der Waals surface area (Å²) in [6.07, 6.45) is 0. The fourth-order valence-electron chi connectivity index (χ4n) is 2.71. The van der Waals surface area contributed by atoms with Crippen LogP contribution in [-0.4, -0.2) is 61.2 Å². The number of nitro benzene ring substituents is 1. The van der Waals surface area contributed by atoms with Crippen molar-refractivity contribution in [3.8, 4) is 0 Å². The Labute approximate surface area is 145 Å². The van der Waals surface area contributed by atoms with E-state index in [0.717, 1.165) is 0 Å². The van der Waals surface area contributed by atoms with Gasteiger partial charge in [-0.05, 0) is 12.5 Å². The van der Waals surface area contributed by atoms with Crippen molar-refractivity contribution in [2.45, 2.75) is 19.5 Å². The molecule has 1 aromatic carbocycles. The molecule has 0 spiro atoms. The number of nitro groups is 1. The van der Waals surface area contributed by atoms with E-state index in [1.165, 1.54) is 19.2 Å². The summed E-state index contributed by atoms with van der Waals surface area (Å²) in [5.74, 6) is -0.945. The molecule has 0 aliphatic carbocycles. The maximum Gasteiger partial charge on any atom is 0.338 e. The first-order valence-corrected chi connectivity index (χ1v) is 7.94. The number of carbonyl (C=O) groups excluding carboxylic acids is 2. The molecule has 0 amide bonds. The molecule has 1 unspecified atom stereocenters. The fraction of sp³-hybridized carbons (Fsp3) is 0.500. The maximum atomic E-state index is 12.0. The van der Waals surface area contributed by atoms with E-state index >= 15 is 0 Å². The minimum Gasteiger partial charge on any atom is -0.465 e. The molecule has 1 aliphatic heterocycles. The van der Waals surface area contributed by atoms with Gasteiger partial charge in [0.15, 0.2) is 0 Å². The van der Waals surface area contributed by atoms with Crippen molar-refractivity contribution in [2.75, 3.05) is 33.4 Å². The first-order valence-electron chi connectivity index (χ1n) is 7.94. The van der Waals surface area contributed by atoms with Gasteiger partial charge in [0.2, 0.25) is 0 Å². The molecule has 1 aromatic rings. The third-order valence-electron chi connectivity index (χ3n) is 3.93. The monoisotopic (exact) mass is 351 g/mol. The number of non-ortho nitro benzene ring substituents is 1. The van der Waals surface area contributed by atoms with Crippen LogP contribution < -0.4 is 5.32 Å². The zero-order valence-electron chi connectivity index (χ0n) is 14.2. The molecule has 0 aromatic heterocycles. The largest absolute Gasteiger partial charge is 0.465 e. The molecular formula is C16H21N3O6. The molecule has 9 heteroatoms. The number of piperazine rings is 1. The van der Waals surface area contributed by atoms with Crippen LogP contribution in [0.5, 0.6) is 0 Å². The molecule has 0 bridgehead atoms. The number of rotatable bonds is 6. The van der Waals surface area contributed by atoms with Crippen LogP contribution in [0, 0.1) is 10.1 Å². The molecule has 2 rings (SSSR count). The first kappa shape index (κ1) is 18.8. The number of carbonyl (C=O) groups is 2. The second kappa shape index (κ2) is 8.54. The highest BCUT2D eigenvalue weighted by Gasteiger charge is 2.27. The van der Waals surface area contributed by atoms with Crippen molar-refractivity contribution in [3.63, 3.8) is 0 Å². The van der Waals surface area contributed by atoms with Crippen LogP contribution in [0.15, 0.2) is 18.2 Å². The number of nitrogens with zero attached hydrogens (tertiary/aromatic N) is 2. The molecule has 1 atom stereocenters. The minimum absolute atomic E-state index is 0.155. The van der Waals surface area contributed by atoms with Crippen molar-refractivity contribution in [3.05, 3.63) is 39.4 Å². The average Bonchev–Trinajstić information content (AvgIpc) is 2.61. The third-order valence-corrected chi connectivity index (χ3v) is 3.93. The quantitative estimate of drug-likeness (QED) is 0.453. The SMILES string of the molecule is CCOC(=O)C1CN(Cc2ccc([N+](=O)[O-])cc2C(=O)OC)CCN1. The average molecular weight is 351 g/mol. The van der Waals surface area contributed by atoms with Crippen LogP contribution in [0.3, 0.4) is 0 Å². The lowest BCUT2D eigenvalue weighted by molar-refractivity contribution is -0.384. The van der Waals surface area contributed by atoms with E-state index in [2.05, 4.69) is 5.32 Å². The Kier molecular flexibility index (Phi) is 6.43. The van der Waals surface area contributed by atoms with E-state index in [0.29, 0.717) is 38.3 Å². The summed E-state index contributed by atoms with van der Waals surface area (Å²) in [6.45, 7) is 4.14. The van der Waals surface area contributed by atoms with E-state index in [9.17, 15) is 19.7 Å². The number of ether oxygens (including phenoxy) is 2. The van der Waals surface area contributed by atoms with Gasteiger partial charge in [-0.25, -0.2) is 4.79 Å². The lowest BCUT2D eigenvalue weighted by Crippen LogP contribution is -2.54. The van der Waals surface area contributed by atoms with Crippen molar-refractivity contribution >= 4 is 17.6 Å². The number of benzene rings is 1. The Morgan fingerprint density at radius 3 is 2.84 bits per heavy atom. The fourth-order valence-corrected chi connectivity index (χ4v) is 2.71. The molecule has 9 nitrogen and oxygen atoms in total. The summed E-state index contributed by atoms with van der Waals surface area (Å²) in [7, 11) is 1.23. The van der Waals surface area contributed by atoms with Crippen LogP contribution in [0.4, 0.5) is 5.69 Å². The molecule has 0 saturated carbocycles. The van der Waals surface area contributed by atoms with E-state index < -0.39 is 16.9 Å². The summed E-state index contributed by atoms with van der Waals surface area (Å²) in [4.78, 5) is 36.2. The Morgan fingerprint density at radius 2 is 2.20 bits per heavy atom. The molecular weight excluding hydrogens is 330 g/mol. The molecule has 1 saturated heterocycles. The van der Waals surface area contributed by atoms with Gasteiger partial charge in [-0.2, -0.15) is 0 Å². The lowest BCUT2D eigenvalue weighted by Gasteiger charge is -2.32. The maximum absolute atomic E-state index is 12.0. The van der Waals surface area contributed by atoms with Gasteiger partial charge in [-0.3, -0.25) is 19.8 Å². The second-order valence-corrected chi connectivity index (χ2v) is 5.58. The van der Waals surface area contributed by atoms with Gasteiger partial charge in [0, 0.05) is 38.3 Å². The Bertz CT molecular complexity index is 663. The van der Waals surface area contributed by atoms with Gasteiger partial charge in [-0.1, -0.05) is 6.07 Å². The normalized spacial score (nSPS) is 17.8. The van der Waals surface area contributed by atoms with Crippen molar-refractivity contribution < 1.29 is 24.0 Å². The highest BCUT2D eigenvalue weighted by molar-refractivity contribution is 5.91. The van der Waals surface area contributed by atoms with Crippen molar-refractivity contribution in [2.24, 2.45) is 0 Å². The van der Waals surface area contributed by atoms with Gasteiger partial charge in [0.05, 0.1) is 24.2 Å². The van der Waals surface area contributed by atoms with Crippen LogP contribution in [0.25, 0.3) is 0 Å². The Balaban J connectivity index is 2.17. The third kappa shape index (κ3) is 4.74. The summed E-state index contributed by atoms with van der Waals surface area (Å²) >= 11 is 0. The minimum atomic E-state index is -0.629. The van der Waals surface area contributed by atoms with Gasteiger partial charge in [0.1, 0.15) is 6.04 Å². The van der Waals surface area contributed by atoms with E-state index in [1.807, 2.05) is 4.90 Å². The predicted molar refractivity (Wildman–Crippen MR) is 88.1 cm³/mol. The number of esters is 2. The van der Waals surface area contributed by atoms with Crippen molar-refractivity contribution in [1.82, 2.24) is 10.2 Å². The number of methoxy groups -OCH3 is 1. The lowest BCUT2D eigenvalue weighted by atomic mass is 10.0. The van der Waals surface area contributed by atoms with E-state index in [-0.39, 0.29) is 17.2 Å². The highest BCUT2D eigenvalue weighted by atomic mass is 16.6. The molecule has 0 radical (unpaired) electrons. The number of hydrogen-bond donors (Lipinski definition) is 1. The van der Waals surface area contributed by atoms with Crippen LogP contribution in [-0.2, 0) is 20.8 Å². The molecule has 136 valence electrons. The zero-order chi connectivity index (χ0) is 18.4. The molecule has 1 aliphatic rings. The molecule has 1 N–H and O–H groups in total. The van der Waals surface area contributed by atoms with Gasteiger partial charge < -0.3 is 14.8 Å². The number of hydrogen-bond acceptors (Lipinski definition) is 8. The summed E-state index contributed by atoms with van der Waals surface area (Å²) in [5.41, 5.74) is 0.596. The Morgan fingerprint density at radius 1 is 1.44 bits per heavy atom. The molecule has 1 heterocycles. The predicted octanol–water partition coefficient (Wildman–Crippen LogP) is 0.718. The molecule has 1 fully saturated rings. The van der Waals surface area contributed by atoms with Crippen LogP contribution in [0.2, 0.25) is 0 Å². The second-order valence-electron chi connectivity index (χ2n) is 5.58. The summed E-state index contributed by atoms with van der Waals surface area (Å²) < 4.78 is 9.75. The van der Waals surface area contributed by atoms with E-state index in [4.69, 9.17) is 9.47 Å². The van der Waals surface area contributed by atoms with Crippen LogP contribution in [0.1, 0.15) is 22.8 Å². The zero-order valence-corrected chi connectivity index (χ0v) is 14.2. The summed E-state index contributed by atoms with van der Waals surface area (Å²) in [6, 6.07) is 3.68. The van der Waals surface area contributed by atoms with Crippen molar-refractivity contribution in [1.29, 1.82) is 0 Å².